The average molecular weight is 324 g/mol. The van der Waals surface area contributed by atoms with Crippen LogP contribution in [0, 0.1) is 12.8 Å². The number of para-hydroxylation sites is 2. The van der Waals surface area contributed by atoms with E-state index in [2.05, 4.69) is 12.2 Å². The van der Waals surface area contributed by atoms with E-state index < -0.39 is 0 Å². The van der Waals surface area contributed by atoms with E-state index >= 15 is 0 Å². The average Bonchev–Trinajstić information content (AvgIpc) is 2.57. The van der Waals surface area contributed by atoms with Gasteiger partial charge in [0.15, 0.2) is 5.75 Å². The number of urea groups is 1. The smallest absolute Gasteiger partial charge is 0.321 e. The lowest BCUT2D eigenvalue weighted by Gasteiger charge is -2.30. The van der Waals surface area contributed by atoms with Crippen LogP contribution in [0.3, 0.4) is 0 Å². The maximum Gasteiger partial charge on any atom is 0.321 e. The molecule has 1 aliphatic rings. The second-order valence-corrected chi connectivity index (χ2v) is 6.51. The first-order valence-corrected chi connectivity index (χ1v) is 8.51. The van der Waals surface area contributed by atoms with E-state index in [9.17, 15) is 4.79 Å². The fourth-order valence-electron chi connectivity index (χ4n) is 2.87. The number of carbonyl (C=O) groups excluding carboxylic acids is 1. The van der Waals surface area contributed by atoms with Crippen LogP contribution in [0.5, 0.6) is 11.5 Å². The number of nitrogens with one attached hydrogen (secondary N) is 1. The van der Waals surface area contributed by atoms with Crippen LogP contribution in [0.1, 0.15) is 25.3 Å². The zero-order chi connectivity index (χ0) is 16.9. The summed E-state index contributed by atoms with van der Waals surface area (Å²) in [5.74, 6) is 2.12. The Hall–Kier alpha value is -2.49. The van der Waals surface area contributed by atoms with Crippen molar-refractivity contribution in [2.24, 2.45) is 5.92 Å². The third-order valence-electron chi connectivity index (χ3n) is 4.42. The van der Waals surface area contributed by atoms with Crippen LogP contribution in [-0.4, -0.2) is 24.0 Å². The van der Waals surface area contributed by atoms with Crippen LogP contribution in [0.4, 0.5) is 10.5 Å². The molecule has 1 heterocycles. The minimum atomic E-state index is -0.0535. The van der Waals surface area contributed by atoms with Crippen molar-refractivity contribution >= 4 is 11.7 Å². The van der Waals surface area contributed by atoms with Gasteiger partial charge in [-0.3, -0.25) is 0 Å². The Morgan fingerprint density at radius 2 is 1.88 bits per heavy atom. The molecule has 2 aromatic rings. The summed E-state index contributed by atoms with van der Waals surface area (Å²) in [4.78, 5) is 14.4. The van der Waals surface area contributed by atoms with Crippen molar-refractivity contribution in [3.8, 4) is 11.5 Å². The molecule has 2 amide bonds. The van der Waals surface area contributed by atoms with E-state index in [1.54, 1.807) is 0 Å². The molecule has 3 rings (SSSR count). The zero-order valence-electron chi connectivity index (χ0n) is 14.3. The molecule has 4 nitrogen and oxygen atoms in total. The Morgan fingerprint density at radius 1 is 1.12 bits per heavy atom. The predicted molar refractivity (Wildman–Crippen MR) is 96.7 cm³/mol. The van der Waals surface area contributed by atoms with Gasteiger partial charge in [0.2, 0.25) is 0 Å². The number of rotatable bonds is 3. The third-order valence-corrected chi connectivity index (χ3v) is 4.42. The van der Waals surface area contributed by atoms with Crippen molar-refractivity contribution in [3.05, 3.63) is 54.1 Å². The van der Waals surface area contributed by atoms with Crippen LogP contribution < -0.4 is 10.1 Å². The summed E-state index contributed by atoms with van der Waals surface area (Å²) in [6.45, 7) is 5.89. The van der Waals surface area contributed by atoms with Gasteiger partial charge in [-0.2, -0.15) is 0 Å². The SMILES string of the molecule is Cc1cccc(Oc2ccccc2NC(=O)N2CCC(C)CC2)c1. The first kappa shape index (κ1) is 16.4. The van der Waals surface area contributed by atoms with Crippen LogP contribution in [-0.2, 0) is 0 Å². The molecule has 1 N–H and O–H groups in total. The predicted octanol–water partition coefficient (Wildman–Crippen LogP) is 5.05. The van der Waals surface area contributed by atoms with E-state index in [4.69, 9.17) is 4.74 Å². The summed E-state index contributed by atoms with van der Waals surface area (Å²) in [5.41, 5.74) is 1.83. The number of hydrogen-bond donors (Lipinski definition) is 1. The van der Waals surface area contributed by atoms with Gasteiger partial charge in [0.25, 0.3) is 0 Å². The van der Waals surface area contributed by atoms with Crippen molar-refractivity contribution in [1.29, 1.82) is 0 Å². The highest BCUT2D eigenvalue weighted by molar-refractivity contribution is 5.91. The number of benzene rings is 2. The molecular formula is C20H24N2O2. The van der Waals surface area contributed by atoms with Gasteiger partial charge in [-0.15, -0.1) is 0 Å². The normalized spacial score (nSPS) is 15.2. The Morgan fingerprint density at radius 3 is 2.62 bits per heavy atom. The van der Waals surface area contributed by atoms with Gasteiger partial charge in [0, 0.05) is 13.1 Å². The van der Waals surface area contributed by atoms with Gasteiger partial charge in [-0.05, 0) is 55.5 Å². The number of hydrogen-bond acceptors (Lipinski definition) is 2. The van der Waals surface area contributed by atoms with Crippen LogP contribution in [0.15, 0.2) is 48.5 Å². The molecule has 4 heteroatoms. The summed E-state index contributed by atoms with van der Waals surface area (Å²) in [6.07, 6.45) is 2.13. The number of piperidine rings is 1. The minimum Gasteiger partial charge on any atom is -0.455 e. The summed E-state index contributed by atoms with van der Waals surface area (Å²) in [5, 5.41) is 2.99. The van der Waals surface area contributed by atoms with E-state index in [0.29, 0.717) is 17.4 Å². The van der Waals surface area contributed by atoms with Crippen molar-refractivity contribution in [1.82, 2.24) is 4.90 Å². The van der Waals surface area contributed by atoms with Gasteiger partial charge < -0.3 is 15.0 Å². The van der Waals surface area contributed by atoms with Gasteiger partial charge in [0.1, 0.15) is 5.75 Å². The third kappa shape index (κ3) is 4.07. The number of aryl methyl sites for hydroxylation is 1. The standard InChI is InChI=1S/C20H24N2O2/c1-15-10-12-22(13-11-15)20(23)21-18-8-3-4-9-19(18)24-17-7-5-6-16(2)14-17/h3-9,14-15H,10-13H2,1-2H3,(H,21,23). The molecule has 0 aliphatic carbocycles. The number of carbonyl (C=O) groups is 1. The maximum atomic E-state index is 12.5. The molecule has 1 aliphatic heterocycles. The summed E-state index contributed by atoms with van der Waals surface area (Å²) in [7, 11) is 0. The van der Waals surface area contributed by atoms with Crippen LogP contribution in [0.25, 0.3) is 0 Å². The number of anilines is 1. The lowest BCUT2D eigenvalue weighted by molar-refractivity contribution is 0.186. The molecule has 24 heavy (non-hydrogen) atoms. The Kier molecular flexibility index (Phi) is 5.04. The second kappa shape index (κ2) is 7.39. The number of amides is 2. The molecule has 0 radical (unpaired) electrons. The summed E-state index contributed by atoms with van der Waals surface area (Å²) >= 11 is 0. The maximum absolute atomic E-state index is 12.5. The molecule has 126 valence electrons. The van der Waals surface area contributed by atoms with Crippen molar-refractivity contribution in [3.63, 3.8) is 0 Å². The molecule has 0 spiro atoms. The summed E-state index contributed by atoms with van der Waals surface area (Å²) in [6, 6.07) is 15.4. The van der Waals surface area contributed by atoms with E-state index in [1.165, 1.54) is 0 Å². The molecule has 0 saturated carbocycles. The molecular weight excluding hydrogens is 300 g/mol. The lowest BCUT2D eigenvalue weighted by Crippen LogP contribution is -2.40. The van der Waals surface area contributed by atoms with Crippen molar-refractivity contribution in [2.75, 3.05) is 18.4 Å². The van der Waals surface area contributed by atoms with Gasteiger partial charge in [0.05, 0.1) is 5.69 Å². The van der Waals surface area contributed by atoms with Gasteiger partial charge in [-0.1, -0.05) is 31.2 Å². The second-order valence-electron chi connectivity index (χ2n) is 6.51. The zero-order valence-corrected chi connectivity index (χ0v) is 14.3. The molecule has 0 bridgehead atoms. The van der Waals surface area contributed by atoms with Gasteiger partial charge >= 0.3 is 6.03 Å². The first-order chi connectivity index (χ1) is 11.6. The topological polar surface area (TPSA) is 41.6 Å². The Bertz CT molecular complexity index is 706. The molecule has 1 fully saturated rings. The quantitative estimate of drug-likeness (QED) is 0.858. The molecule has 2 aromatic carbocycles. The highest BCUT2D eigenvalue weighted by Gasteiger charge is 2.21. The van der Waals surface area contributed by atoms with Crippen molar-refractivity contribution in [2.45, 2.75) is 26.7 Å². The Balaban J connectivity index is 1.71. The van der Waals surface area contributed by atoms with Crippen molar-refractivity contribution < 1.29 is 9.53 Å². The number of likely N-dealkylation sites (tertiary alicyclic amines) is 1. The highest BCUT2D eigenvalue weighted by Crippen LogP contribution is 2.30. The first-order valence-electron chi connectivity index (χ1n) is 8.51. The highest BCUT2D eigenvalue weighted by atomic mass is 16.5. The van der Waals surface area contributed by atoms with E-state index in [-0.39, 0.29) is 6.03 Å². The molecule has 0 unspecified atom stereocenters. The van der Waals surface area contributed by atoms with E-state index in [1.807, 2.05) is 60.4 Å². The molecule has 0 aromatic heterocycles. The number of nitrogens with zero attached hydrogens (tertiary/aromatic N) is 1. The van der Waals surface area contributed by atoms with Crippen LogP contribution >= 0.6 is 0 Å². The largest absolute Gasteiger partial charge is 0.455 e. The fraction of sp³-hybridized carbons (Fsp3) is 0.350. The summed E-state index contributed by atoms with van der Waals surface area (Å²) < 4.78 is 5.96. The Labute approximate surface area is 143 Å². The lowest BCUT2D eigenvalue weighted by atomic mass is 10.00. The molecule has 1 saturated heterocycles. The number of ether oxygens (including phenoxy) is 1. The van der Waals surface area contributed by atoms with Gasteiger partial charge in [-0.25, -0.2) is 4.79 Å². The minimum absolute atomic E-state index is 0.0535. The van der Waals surface area contributed by atoms with E-state index in [0.717, 1.165) is 37.2 Å². The molecule has 0 atom stereocenters. The monoisotopic (exact) mass is 324 g/mol. The van der Waals surface area contributed by atoms with Crippen LogP contribution in [0.2, 0.25) is 0 Å². The fourth-order valence-corrected chi connectivity index (χ4v) is 2.87.